The van der Waals surface area contributed by atoms with Gasteiger partial charge in [-0.2, -0.15) is 0 Å². The Balaban J connectivity index is 2.23. The zero-order valence-electron chi connectivity index (χ0n) is 10.3. The minimum Gasteiger partial charge on any atom is -0.404 e. The maximum absolute atomic E-state index is 12.3. The molecule has 0 radical (unpaired) electrons. The van der Waals surface area contributed by atoms with E-state index in [0.29, 0.717) is 5.01 Å². The molecule has 0 aliphatic heterocycles. The van der Waals surface area contributed by atoms with Crippen molar-refractivity contribution < 1.29 is 26.3 Å². The number of nitrogens with zero attached hydrogens (tertiary/aromatic N) is 1. The minimum atomic E-state index is -4.97. The lowest BCUT2D eigenvalue weighted by Gasteiger charge is -2.13. The van der Waals surface area contributed by atoms with E-state index < -0.39 is 27.0 Å². The second-order valence-electron chi connectivity index (χ2n) is 3.74. The van der Waals surface area contributed by atoms with Gasteiger partial charge < -0.3 is 4.74 Å². The van der Waals surface area contributed by atoms with Crippen LogP contribution in [0.25, 0.3) is 0 Å². The lowest BCUT2D eigenvalue weighted by Crippen LogP contribution is -2.25. The van der Waals surface area contributed by atoms with Crippen LogP contribution in [0.4, 0.5) is 13.2 Å². The second kappa shape index (κ2) is 6.00. The SMILES string of the molecule is O=S(=O)(NCc1nccs1)c1ccccc1OC(F)(F)F. The summed E-state index contributed by atoms with van der Waals surface area (Å²) in [7, 11) is -4.15. The second-order valence-corrected chi connectivity index (χ2v) is 6.46. The molecule has 10 heteroatoms. The van der Waals surface area contributed by atoms with Crippen molar-refractivity contribution >= 4 is 21.4 Å². The van der Waals surface area contributed by atoms with E-state index in [9.17, 15) is 21.6 Å². The number of sulfonamides is 1. The number of alkyl halides is 3. The van der Waals surface area contributed by atoms with Gasteiger partial charge >= 0.3 is 6.36 Å². The van der Waals surface area contributed by atoms with Crippen LogP contribution in [0.3, 0.4) is 0 Å². The maximum atomic E-state index is 12.3. The quantitative estimate of drug-likeness (QED) is 0.910. The summed E-state index contributed by atoms with van der Waals surface area (Å²) in [6.45, 7) is -0.111. The van der Waals surface area contributed by atoms with Crippen molar-refractivity contribution in [3.05, 3.63) is 40.8 Å². The summed E-state index contributed by atoms with van der Waals surface area (Å²) in [5.41, 5.74) is 0. The zero-order valence-corrected chi connectivity index (χ0v) is 11.9. The molecule has 0 atom stereocenters. The van der Waals surface area contributed by atoms with Crippen molar-refractivity contribution in [1.82, 2.24) is 9.71 Å². The minimum absolute atomic E-state index is 0.111. The van der Waals surface area contributed by atoms with E-state index in [1.54, 1.807) is 5.38 Å². The van der Waals surface area contributed by atoms with Crippen LogP contribution >= 0.6 is 11.3 Å². The molecule has 5 nitrogen and oxygen atoms in total. The van der Waals surface area contributed by atoms with Crippen molar-refractivity contribution in [3.63, 3.8) is 0 Å². The van der Waals surface area contributed by atoms with Crippen LogP contribution in [0, 0.1) is 0 Å². The van der Waals surface area contributed by atoms with E-state index in [0.717, 1.165) is 12.1 Å². The van der Waals surface area contributed by atoms with Crippen molar-refractivity contribution in [1.29, 1.82) is 0 Å². The Labute approximate surface area is 122 Å². The molecule has 114 valence electrons. The Morgan fingerprint density at radius 2 is 2.00 bits per heavy atom. The molecule has 0 unspecified atom stereocenters. The molecular formula is C11H9F3N2O3S2. The smallest absolute Gasteiger partial charge is 0.404 e. The predicted molar refractivity (Wildman–Crippen MR) is 69.3 cm³/mol. The third-order valence-corrected chi connectivity index (χ3v) is 4.48. The number of benzene rings is 1. The van der Waals surface area contributed by atoms with E-state index in [1.807, 2.05) is 0 Å². The molecule has 1 aromatic heterocycles. The Kier molecular flexibility index (Phi) is 4.49. The monoisotopic (exact) mass is 338 g/mol. The summed E-state index contributed by atoms with van der Waals surface area (Å²) in [5, 5.41) is 2.15. The van der Waals surface area contributed by atoms with E-state index in [2.05, 4.69) is 14.4 Å². The molecule has 2 aromatic rings. The Morgan fingerprint density at radius 3 is 2.62 bits per heavy atom. The highest BCUT2D eigenvalue weighted by Crippen LogP contribution is 2.29. The molecule has 0 saturated heterocycles. The first kappa shape index (κ1) is 15.7. The van der Waals surface area contributed by atoms with Crippen molar-refractivity contribution in [3.8, 4) is 5.75 Å². The first-order valence-corrected chi connectivity index (χ1v) is 7.87. The number of halogens is 3. The number of aromatic nitrogens is 1. The van der Waals surface area contributed by atoms with Gasteiger partial charge in [0.05, 0.1) is 6.54 Å². The Bertz CT molecular complexity index is 700. The van der Waals surface area contributed by atoms with Crippen molar-refractivity contribution in [2.45, 2.75) is 17.8 Å². The molecule has 0 aliphatic rings. The van der Waals surface area contributed by atoms with Gasteiger partial charge in [0, 0.05) is 11.6 Å². The summed E-state index contributed by atoms with van der Waals surface area (Å²) >= 11 is 1.22. The molecule has 21 heavy (non-hydrogen) atoms. The molecule has 0 spiro atoms. The topological polar surface area (TPSA) is 68.3 Å². The summed E-state index contributed by atoms with van der Waals surface area (Å²) in [4.78, 5) is 3.29. The molecule has 0 amide bonds. The molecule has 0 fully saturated rings. The summed E-state index contributed by atoms with van der Waals surface area (Å²) in [6, 6.07) is 4.53. The molecule has 2 rings (SSSR count). The van der Waals surface area contributed by atoms with E-state index >= 15 is 0 Å². The number of thiazole rings is 1. The summed E-state index contributed by atoms with van der Waals surface area (Å²) in [5.74, 6) is -0.781. The number of rotatable bonds is 5. The van der Waals surface area contributed by atoms with Gasteiger partial charge in [0.25, 0.3) is 0 Å². The molecule has 0 saturated carbocycles. The van der Waals surface area contributed by atoms with Gasteiger partial charge in [0.1, 0.15) is 15.7 Å². The lowest BCUT2D eigenvalue weighted by molar-refractivity contribution is -0.275. The van der Waals surface area contributed by atoms with E-state index in [1.165, 1.54) is 29.7 Å². The zero-order chi connectivity index (χ0) is 15.5. The van der Waals surface area contributed by atoms with Gasteiger partial charge in [-0.05, 0) is 12.1 Å². The van der Waals surface area contributed by atoms with Gasteiger partial charge in [0.2, 0.25) is 10.0 Å². The van der Waals surface area contributed by atoms with Crippen LogP contribution in [-0.4, -0.2) is 19.8 Å². The van der Waals surface area contributed by atoms with Gasteiger partial charge in [-0.3, -0.25) is 0 Å². The Hall–Kier alpha value is -1.65. The number of hydrogen-bond acceptors (Lipinski definition) is 5. The summed E-state index contributed by atoms with van der Waals surface area (Å²) < 4.78 is 66.8. The molecule has 0 bridgehead atoms. The number of nitrogens with one attached hydrogen (secondary N) is 1. The molecular weight excluding hydrogens is 329 g/mol. The van der Waals surface area contributed by atoms with Crippen molar-refractivity contribution in [2.24, 2.45) is 0 Å². The maximum Gasteiger partial charge on any atom is 0.573 e. The molecule has 1 heterocycles. The molecule has 1 N–H and O–H groups in total. The highest BCUT2D eigenvalue weighted by atomic mass is 32.2. The highest BCUT2D eigenvalue weighted by Gasteiger charge is 2.33. The fourth-order valence-corrected chi connectivity index (χ4v) is 3.22. The predicted octanol–water partition coefficient (Wildman–Crippen LogP) is 2.52. The number of hydrogen-bond donors (Lipinski definition) is 1. The van der Waals surface area contributed by atoms with Crippen LogP contribution in [-0.2, 0) is 16.6 Å². The van der Waals surface area contributed by atoms with Crippen LogP contribution in [0.1, 0.15) is 5.01 Å². The number of para-hydroxylation sites is 1. The standard InChI is InChI=1S/C11H9F3N2O3S2/c12-11(13,14)19-8-3-1-2-4-9(8)21(17,18)16-7-10-15-5-6-20-10/h1-6,16H,7H2. The number of ether oxygens (including phenoxy) is 1. The highest BCUT2D eigenvalue weighted by molar-refractivity contribution is 7.89. The normalized spacial score (nSPS) is 12.3. The average molecular weight is 338 g/mol. The van der Waals surface area contributed by atoms with Crippen LogP contribution in [0.5, 0.6) is 5.75 Å². The summed E-state index contributed by atoms with van der Waals surface area (Å²) in [6.07, 6.45) is -3.48. The fraction of sp³-hybridized carbons (Fsp3) is 0.182. The first-order chi connectivity index (χ1) is 9.78. The largest absolute Gasteiger partial charge is 0.573 e. The van der Waals surface area contributed by atoms with Gasteiger partial charge in [-0.15, -0.1) is 24.5 Å². The first-order valence-electron chi connectivity index (χ1n) is 5.51. The third-order valence-electron chi connectivity index (χ3n) is 2.26. The van der Waals surface area contributed by atoms with Crippen molar-refractivity contribution in [2.75, 3.05) is 0 Å². The van der Waals surface area contributed by atoms with Gasteiger partial charge in [-0.1, -0.05) is 12.1 Å². The Morgan fingerprint density at radius 1 is 1.29 bits per heavy atom. The lowest BCUT2D eigenvalue weighted by atomic mass is 10.3. The molecule has 1 aromatic carbocycles. The van der Waals surface area contributed by atoms with Gasteiger partial charge in [0.15, 0.2) is 0 Å². The van der Waals surface area contributed by atoms with Crippen LogP contribution < -0.4 is 9.46 Å². The van der Waals surface area contributed by atoms with Gasteiger partial charge in [-0.25, -0.2) is 18.1 Å². The van der Waals surface area contributed by atoms with Crippen LogP contribution in [0.15, 0.2) is 40.7 Å². The van der Waals surface area contributed by atoms with E-state index in [-0.39, 0.29) is 6.54 Å². The van der Waals surface area contributed by atoms with E-state index in [4.69, 9.17) is 0 Å². The third kappa shape index (κ3) is 4.41. The fourth-order valence-electron chi connectivity index (χ4n) is 1.46. The molecule has 0 aliphatic carbocycles. The average Bonchev–Trinajstić information content (AvgIpc) is 2.88. The van der Waals surface area contributed by atoms with Crippen LogP contribution in [0.2, 0.25) is 0 Å².